The molecule has 0 aliphatic heterocycles. The standard InChI is InChI=1S/C14H21N3/c1-8-9(2)13(11(4)15-6)17-14(10(8)3)12(5)16-7/h1-7H3/b15-11+,16-12+. The lowest BCUT2D eigenvalue weighted by Gasteiger charge is -2.14. The van der Waals surface area contributed by atoms with Crippen molar-refractivity contribution >= 4 is 11.4 Å². The summed E-state index contributed by atoms with van der Waals surface area (Å²) in [5.74, 6) is 0. The third-order valence-electron chi connectivity index (χ3n) is 3.42. The van der Waals surface area contributed by atoms with Gasteiger partial charge < -0.3 is 0 Å². The van der Waals surface area contributed by atoms with E-state index < -0.39 is 0 Å². The molecule has 0 saturated heterocycles. The lowest BCUT2D eigenvalue weighted by atomic mass is 9.98. The van der Waals surface area contributed by atoms with Gasteiger partial charge in [0, 0.05) is 14.1 Å². The maximum atomic E-state index is 4.71. The number of nitrogens with zero attached hydrogens (tertiary/aromatic N) is 3. The summed E-state index contributed by atoms with van der Waals surface area (Å²) in [6.07, 6.45) is 0. The van der Waals surface area contributed by atoms with E-state index in [1.807, 2.05) is 13.8 Å². The Morgan fingerprint density at radius 2 is 1.12 bits per heavy atom. The molecule has 1 aromatic heterocycles. The molecule has 1 aromatic rings. The summed E-state index contributed by atoms with van der Waals surface area (Å²) in [5.41, 5.74) is 7.58. The average molecular weight is 231 g/mol. The van der Waals surface area contributed by atoms with Crippen molar-refractivity contribution in [2.75, 3.05) is 14.1 Å². The second kappa shape index (κ2) is 5.21. The molecule has 0 N–H and O–H groups in total. The normalized spacial score (nSPS) is 13.1. The molecule has 0 atom stereocenters. The lowest BCUT2D eigenvalue weighted by molar-refractivity contribution is 1.11. The number of pyridine rings is 1. The smallest absolute Gasteiger partial charge is 0.0876 e. The van der Waals surface area contributed by atoms with E-state index in [2.05, 4.69) is 30.8 Å². The van der Waals surface area contributed by atoms with Gasteiger partial charge in [-0.15, -0.1) is 0 Å². The number of rotatable bonds is 2. The number of hydrogen-bond acceptors (Lipinski definition) is 3. The molecule has 0 saturated carbocycles. The molecule has 0 aliphatic rings. The largest absolute Gasteiger partial charge is 0.291 e. The van der Waals surface area contributed by atoms with Crippen molar-refractivity contribution in [3.8, 4) is 0 Å². The summed E-state index contributed by atoms with van der Waals surface area (Å²) in [5, 5.41) is 0. The van der Waals surface area contributed by atoms with Gasteiger partial charge in [0.1, 0.15) is 0 Å². The first-order valence-electron chi connectivity index (χ1n) is 5.79. The molecule has 3 nitrogen and oxygen atoms in total. The summed E-state index contributed by atoms with van der Waals surface area (Å²) in [7, 11) is 3.60. The van der Waals surface area contributed by atoms with Crippen LogP contribution in [0.2, 0.25) is 0 Å². The van der Waals surface area contributed by atoms with Crippen LogP contribution in [-0.2, 0) is 0 Å². The monoisotopic (exact) mass is 231 g/mol. The molecule has 3 heteroatoms. The molecule has 0 radical (unpaired) electrons. The molecule has 0 aliphatic carbocycles. The van der Waals surface area contributed by atoms with Crippen molar-refractivity contribution < 1.29 is 0 Å². The Hall–Kier alpha value is -1.51. The Labute approximate surface area is 104 Å². The highest BCUT2D eigenvalue weighted by Gasteiger charge is 2.14. The molecule has 0 spiro atoms. The Morgan fingerprint density at radius 3 is 1.41 bits per heavy atom. The van der Waals surface area contributed by atoms with Crippen molar-refractivity contribution in [1.29, 1.82) is 0 Å². The molecule has 0 fully saturated rings. The third-order valence-corrected chi connectivity index (χ3v) is 3.42. The highest BCUT2D eigenvalue weighted by Crippen LogP contribution is 2.20. The maximum absolute atomic E-state index is 4.71. The fourth-order valence-corrected chi connectivity index (χ4v) is 1.83. The van der Waals surface area contributed by atoms with Gasteiger partial charge in [-0.05, 0) is 51.3 Å². The van der Waals surface area contributed by atoms with Crippen LogP contribution in [0.4, 0.5) is 0 Å². The summed E-state index contributed by atoms with van der Waals surface area (Å²) in [6.45, 7) is 10.3. The molecule has 0 unspecified atom stereocenters. The van der Waals surface area contributed by atoms with Crippen LogP contribution in [0, 0.1) is 20.8 Å². The van der Waals surface area contributed by atoms with E-state index in [9.17, 15) is 0 Å². The van der Waals surface area contributed by atoms with Crippen LogP contribution >= 0.6 is 0 Å². The molecule has 1 rings (SSSR count). The van der Waals surface area contributed by atoms with Gasteiger partial charge >= 0.3 is 0 Å². The van der Waals surface area contributed by atoms with Crippen LogP contribution in [0.25, 0.3) is 0 Å². The Kier molecular flexibility index (Phi) is 4.16. The van der Waals surface area contributed by atoms with Crippen LogP contribution in [0.3, 0.4) is 0 Å². The summed E-state index contributed by atoms with van der Waals surface area (Å²) in [4.78, 5) is 13.2. The fourth-order valence-electron chi connectivity index (χ4n) is 1.83. The quantitative estimate of drug-likeness (QED) is 0.721. The Balaban J connectivity index is 3.62. The Bertz CT molecular complexity index is 454. The molecule has 17 heavy (non-hydrogen) atoms. The van der Waals surface area contributed by atoms with Crippen molar-refractivity contribution in [1.82, 2.24) is 4.98 Å². The van der Waals surface area contributed by atoms with E-state index in [1.165, 1.54) is 16.7 Å². The molecule has 0 aromatic carbocycles. The van der Waals surface area contributed by atoms with Gasteiger partial charge in [-0.3, -0.25) is 9.98 Å². The third kappa shape index (κ3) is 2.43. The minimum absolute atomic E-state index is 0.968. The maximum Gasteiger partial charge on any atom is 0.0876 e. The van der Waals surface area contributed by atoms with Crippen molar-refractivity contribution in [2.24, 2.45) is 9.98 Å². The molecule has 92 valence electrons. The zero-order valence-electron chi connectivity index (χ0n) is 11.8. The van der Waals surface area contributed by atoms with Gasteiger partial charge in [-0.2, -0.15) is 0 Å². The zero-order valence-corrected chi connectivity index (χ0v) is 11.8. The lowest BCUT2D eigenvalue weighted by Crippen LogP contribution is -2.12. The second-order valence-corrected chi connectivity index (χ2v) is 4.30. The average Bonchev–Trinajstić information content (AvgIpc) is 2.34. The van der Waals surface area contributed by atoms with Crippen molar-refractivity contribution in [3.05, 3.63) is 28.1 Å². The van der Waals surface area contributed by atoms with E-state index in [4.69, 9.17) is 4.98 Å². The molecular formula is C14H21N3. The van der Waals surface area contributed by atoms with Crippen molar-refractivity contribution in [2.45, 2.75) is 34.6 Å². The van der Waals surface area contributed by atoms with Gasteiger partial charge in [-0.25, -0.2) is 4.98 Å². The van der Waals surface area contributed by atoms with Crippen molar-refractivity contribution in [3.63, 3.8) is 0 Å². The topological polar surface area (TPSA) is 37.6 Å². The van der Waals surface area contributed by atoms with Gasteiger partial charge in [0.2, 0.25) is 0 Å². The SMILES string of the molecule is C/N=C(\C)c1nc(/C(C)=N/C)c(C)c(C)c1C. The second-order valence-electron chi connectivity index (χ2n) is 4.30. The summed E-state index contributed by atoms with van der Waals surface area (Å²) >= 11 is 0. The number of aliphatic imine (C=N–C) groups is 2. The first-order chi connectivity index (χ1) is 7.93. The first kappa shape index (κ1) is 13.6. The molecule has 0 amide bonds. The minimum atomic E-state index is 0.968. The van der Waals surface area contributed by atoms with Crippen LogP contribution in [-0.4, -0.2) is 30.5 Å². The van der Waals surface area contributed by atoms with E-state index in [-0.39, 0.29) is 0 Å². The van der Waals surface area contributed by atoms with Crippen LogP contribution < -0.4 is 0 Å². The number of hydrogen-bond donors (Lipinski definition) is 0. The zero-order chi connectivity index (χ0) is 13.2. The molecule has 1 heterocycles. The van der Waals surface area contributed by atoms with E-state index in [0.29, 0.717) is 0 Å². The Morgan fingerprint density at radius 1 is 0.765 bits per heavy atom. The van der Waals surface area contributed by atoms with Crippen LogP contribution in [0.5, 0.6) is 0 Å². The predicted octanol–water partition coefficient (Wildman–Crippen LogP) is 2.88. The van der Waals surface area contributed by atoms with Crippen LogP contribution in [0.1, 0.15) is 41.9 Å². The van der Waals surface area contributed by atoms with Gasteiger partial charge in [-0.1, -0.05) is 0 Å². The predicted molar refractivity (Wildman–Crippen MR) is 74.7 cm³/mol. The highest BCUT2D eigenvalue weighted by molar-refractivity contribution is 6.02. The molecule has 0 bridgehead atoms. The first-order valence-corrected chi connectivity index (χ1v) is 5.79. The van der Waals surface area contributed by atoms with Gasteiger partial charge in [0.05, 0.1) is 22.8 Å². The van der Waals surface area contributed by atoms with E-state index in [1.54, 1.807) is 14.1 Å². The highest BCUT2D eigenvalue weighted by atomic mass is 14.8. The van der Waals surface area contributed by atoms with Gasteiger partial charge in [0.15, 0.2) is 0 Å². The minimum Gasteiger partial charge on any atom is -0.291 e. The van der Waals surface area contributed by atoms with E-state index in [0.717, 1.165) is 22.8 Å². The fraction of sp³-hybridized carbons (Fsp3) is 0.500. The van der Waals surface area contributed by atoms with E-state index >= 15 is 0 Å². The summed E-state index contributed by atoms with van der Waals surface area (Å²) in [6, 6.07) is 0. The number of aromatic nitrogens is 1. The van der Waals surface area contributed by atoms with Gasteiger partial charge in [0.25, 0.3) is 0 Å². The summed E-state index contributed by atoms with van der Waals surface area (Å²) < 4.78 is 0. The van der Waals surface area contributed by atoms with Crippen LogP contribution in [0.15, 0.2) is 9.98 Å². The molecular weight excluding hydrogens is 210 g/mol.